The van der Waals surface area contributed by atoms with Crippen molar-refractivity contribution >= 4 is 17.9 Å². The maximum atomic E-state index is 11.8. The number of hydrogen-bond donors (Lipinski definition) is 2. The Hall–Kier alpha value is -2.34. The van der Waals surface area contributed by atoms with Crippen LogP contribution in [-0.4, -0.2) is 45.2 Å². The first-order valence-electron chi connectivity index (χ1n) is 6.96. The Morgan fingerprint density at radius 3 is 2.50 bits per heavy atom. The molecule has 0 saturated heterocycles. The van der Waals surface area contributed by atoms with Gasteiger partial charge in [-0.05, 0) is 30.7 Å². The summed E-state index contributed by atoms with van der Waals surface area (Å²) >= 11 is 0. The minimum absolute atomic E-state index is 0.247. The topological polar surface area (TPSA) is 76.7 Å². The average molecular weight is 306 g/mol. The van der Waals surface area contributed by atoms with Crippen LogP contribution in [0.4, 0.5) is 0 Å². The first-order valence-corrected chi connectivity index (χ1v) is 6.96. The molecule has 0 heterocycles. The van der Waals surface area contributed by atoms with Gasteiger partial charge in [-0.25, -0.2) is 0 Å². The lowest BCUT2D eigenvalue weighted by molar-refractivity contribution is -0.126. The van der Waals surface area contributed by atoms with Crippen molar-refractivity contribution in [3.63, 3.8) is 0 Å². The lowest BCUT2D eigenvalue weighted by Crippen LogP contribution is -2.45. The van der Waals surface area contributed by atoms with Gasteiger partial charge in [0.15, 0.2) is 0 Å². The van der Waals surface area contributed by atoms with E-state index in [0.29, 0.717) is 13.2 Å². The van der Waals surface area contributed by atoms with Gasteiger partial charge in [0.2, 0.25) is 11.8 Å². The molecule has 1 rings (SSSR count). The molecule has 0 bridgehead atoms. The van der Waals surface area contributed by atoms with Gasteiger partial charge >= 0.3 is 0 Å². The molecule has 0 spiro atoms. The van der Waals surface area contributed by atoms with Crippen LogP contribution < -0.4 is 15.4 Å². The predicted octanol–water partition coefficient (Wildman–Crippen LogP) is 0.976. The van der Waals surface area contributed by atoms with Crippen LogP contribution >= 0.6 is 0 Å². The molecule has 6 heteroatoms. The fourth-order valence-corrected chi connectivity index (χ4v) is 1.64. The SMILES string of the molecule is COCCNC(=O)C(C)NC(=O)/C=C/c1ccc(OC)cc1. The van der Waals surface area contributed by atoms with Gasteiger partial charge in [-0.1, -0.05) is 12.1 Å². The lowest BCUT2D eigenvalue weighted by Gasteiger charge is -2.12. The molecule has 1 aromatic rings. The molecule has 1 aromatic carbocycles. The molecular weight excluding hydrogens is 284 g/mol. The molecule has 0 aliphatic carbocycles. The molecule has 1 unspecified atom stereocenters. The Balaban J connectivity index is 2.43. The van der Waals surface area contributed by atoms with E-state index in [1.54, 1.807) is 27.2 Å². The Morgan fingerprint density at radius 2 is 1.91 bits per heavy atom. The minimum atomic E-state index is -0.607. The molecule has 0 radical (unpaired) electrons. The van der Waals surface area contributed by atoms with E-state index in [-0.39, 0.29) is 11.8 Å². The first-order chi connectivity index (χ1) is 10.6. The molecule has 120 valence electrons. The number of amides is 2. The van der Waals surface area contributed by atoms with Gasteiger partial charge in [0, 0.05) is 19.7 Å². The van der Waals surface area contributed by atoms with Gasteiger partial charge in [-0.15, -0.1) is 0 Å². The molecule has 0 aromatic heterocycles. The number of carbonyl (C=O) groups excluding carboxylic acids is 2. The van der Waals surface area contributed by atoms with Crippen LogP contribution in [-0.2, 0) is 14.3 Å². The zero-order chi connectivity index (χ0) is 16.4. The monoisotopic (exact) mass is 306 g/mol. The molecule has 1 atom stereocenters. The van der Waals surface area contributed by atoms with E-state index in [2.05, 4.69) is 10.6 Å². The highest BCUT2D eigenvalue weighted by molar-refractivity contribution is 5.95. The summed E-state index contributed by atoms with van der Waals surface area (Å²) in [6.07, 6.45) is 3.06. The van der Waals surface area contributed by atoms with Crippen molar-refractivity contribution in [1.29, 1.82) is 0 Å². The molecule has 0 fully saturated rings. The van der Waals surface area contributed by atoms with Gasteiger partial charge < -0.3 is 20.1 Å². The third-order valence-electron chi connectivity index (χ3n) is 2.90. The molecular formula is C16H22N2O4. The maximum absolute atomic E-state index is 11.8. The van der Waals surface area contributed by atoms with Crippen molar-refractivity contribution < 1.29 is 19.1 Å². The van der Waals surface area contributed by atoms with Crippen LogP contribution in [0.3, 0.4) is 0 Å². The van der Waals surface area contributed by atoms with Crippen molar-refractivity contribution in [2.45, 2.75) is 13.0 Å². The fourth-order valence-electron chi connectivity index (χ4n) is 1.64. The van der Waals surface area contributed by atoms with Gasteiger partial charge in [-0.3, -0.25) is 9.59 Å². The van der Waals surface area contributed by atoms with Crippen LogP contribution in [0.25, 0.3) is 6.08 Å². The molecule has 6 nitrogen and oxygen atoms in total. The highest BCUT2D eigenvalue weighted by Crippen LogP contribution is 2.12. The number of nitrogens with one attached hydrogen (secondary N) is 2. The van der Waals surface area contributed by atoms with Crippen molar-refractivity contribution in [3.8, 4) is 5.75 Å². The highest BCUT2D eigenvalue weighted by atomic mass is 16.5. The second kappa shape index (κ2) is 9.57. The van der Waals surface area contributed by atoms with Gasteiger partial charge in [-0.2, -0.15) is 0 Å². The van der Waals surface area contributed by atoms with Crippen LogP contribution in [0.1, 0.15) is 12.5 Å². The second-order valence-corrected chi connectivity index (χ2v) is 4.62. The van der Waals surface area contributed by atoms with Crippen molar-refractivity contribution in [3.05, 3.63) is 35.9 Å². The van der Waals surface area contributed by atoms with Crippen molar-refractivity contribution in [1.82, 2.24) is 10.6 Å². The molecule has 0 aliphatic rings. The maximum Gasteiger partial charge on any atom is 0.244 e. The Bertz CT molecular complexity index is 511. The van der Waals surface area contributed by atoms with Gasteiger partial charge in [0.25, 0.3) is 0 Å². The first kappa shape index (κ1) is 17.7. The third kappa shape index (κ3) is 6.41. The van der Waals surface area contributed by atoms with Crippen molar-refractivity contribution in [2.75, 3.05) is 27.4 Å². The minimum Gasteiger partial charge on any atom is -0.497 e. The van der Waals surface area contributed by atoms with E-state index in [1.165, 1.54) is 6.08 Å². The van der Waals surface area contributed by atoms with Gasteiger partial charge in [0.1, 0.15) is 11.8 Å². The summed E-state index contributed by atoms with van der Waals surface area (Å²) in [6, 6.07) is 6.68. The van der Waals surface area contributed by atoms with Crippen LogP contribution in [0, 0.1) is 0 Å². The van der Waals surface area contributed by atoms with E-state index in [0.717, 1.165) is 11.3 Å². The largest absolute Gasteiger partial charge is 0.497 e. The summed E-state index contributed by atoms with van der Waals surface area (Å²) in [7, 11) is 3.15. The Kier molecular flexibility index (Phi) is 7.70. The smallest absolute Gasteiger partial charge is 0.244 e. The number of benzene rings is 1. The summed E-state index contributed by atoms with van der Waals surface area (Å²) in [5.41, 5.74) is 0.869. The number of rotatable bonds is 8. The number of ether oxygens (including phenoxy) is 2. The summed E-state index contributed by atoms with van der Waals surface area (Å²) in [5, 5.41) is 5.25. The number of hydrogen-bond acceptors (Lipinski definition) is 4. The van der Waals surface area contributed by atoms with E-state index in [1.807, 2.05) is 24.3 Å². The fraction of sp³-hybridized carbons (Fsp3) is 0.375. The molecule has 0 saturated carbocycles. The lowest BCUT2D eigenvalue weighted by atomic mass is 10.2. The van der Waals surface area contributed by atoms with E-state index in [4.69, 9.17) is 9.47 Å². The second-order valence-electron chi connectivity index (χ2n) is 4.62. The quantitative estimate of drug-likeness (QED) is 0.554. The van der Waals surface area contributed by atoms with E-state index < -0.39 is 6.04 Å². The molecule has 22 heavy (non-hydrogen) atoms. The van der Waals surface area contributed by atoms with Gasteiger partial charge in [0.05, 0.1) is 13.7 Å². The molecule has 2 amide bonds. The zero-order valence-corrected chi connectivity index (χ0v) is 13.1. The van der Waals surface area contributed by atoms with Crippen LogP contribution in [0.5, 0.6) is 5.75 Å². The average Bonchev–Trinajstić information content (AvgIpc) is 2.53. The summed E-state index contributed by atoms with van der Waals surface area (Å²) in [4.78, 5) is 23.4. The third-order valence-corrected chi connectivity index (χ3v) is 2.90. The van der Waals surface area contributed by atoms with Crippen molar-refractivity contribution in [2.24, 2.45) is 0 Å². The normalized spacial score (nSPS) is 12.0. The van der Waals surface area contributed by atoms with Crippen LogP contribution in [0.2, 0.25) is 0 Å². The molecule has 0 aliphatic heterocycles. The standard InChI is InChI=1S/C16H22N2O4/c1-12(16(20)17-10-11-21-2)18-15(19)9-6-13-4-7-14(22-3)8-5-13/h4-9,12H,10-11H2,1-3H3,(H,17,20)(H,18,19)/b9-6+. The Morgan fingerprint density at radius 1 is 1.23 bits per heavy atom. The summed E-state index contributed by atoms with van der Waals surface area (Å²) < 4.78 is 9.89. The Labute approximate surface area is 130 Å². The number of carbonyl (C=O) groups is 2. The van der Waals surface area contributed by atoms with E-state index >= 15 is 0 Å². The zero-order valence-electron chi connectivity index (χ0n) is 13.1. The summed E-state index contributed by atoms with van der Waals surface area (Å²) in [5.74, 6) is 0.177. The van der Waals surface area contributed by atoms with E-state index in [9.17, 15) is 9.59 Å². The number of methoxy groups -OCH3 is 2. The molecule has 2 N–H and O–H groups in total. The predicted molar refractivity (Wildman–Crippen MR) is 84.5 cm³/mol. The van der Waals surface area contributed by atoms with Crippen LogP contribution in [0.15, 0.2) is 30.3 Å². The highest BCUT2D eigenvalue weighted by Gasteiger charge is 2.13. The summed E-state index contributed by atoms with van der Waals surface area (Å²) in [6.45, 7) is 2.47.